The predicted molar refractivity (Wildman–Crippen MR) is 133 cm³/mol. The lowest BCUT2D eigenvalue weighted by molar-refractivity contribution is -0.0552. The molecule has 0 bridgehead atoms. The molecular weight excluding hydrogens is 463 g/mol. The van der Waals surface area contributed by atoms with Crippen molar-refractivity contribution in [3.63, 3.8) is 0 Å². The number of amidine groups is 1. The lowest BCUT2D eigenvalue weighted by Crippen LogP contribution is -2.35. The summed E-state index contributed by atoms with van der Waals surface area (Å²) in [6.07, 6.45) is 3.65. The quantitative estimate of drug-likeness (QED) is 0.500. The van der Waals surface area contributed by atoms with Crippen molar-refractivity contribution < 1.29 is 18.7 Å². The number of benzene rings is 1. The fraction of sp³-hybridized carbons (Fsp3) is 0.385. The Hall–Kier alpha value is -3.63. The van der Waals surface area contributed by atoms with Crippen molar-refractivity contribution in [1.29, 1.82) is 0 Å². The second kappa shape index (κ2) is 10.5. The van der Waals surface area contributed by atoms with Crippen LogP contribution in [0.4, 0.5) is 10.3 Å². The van der Waals surface area contributed by atoms with Crippen LogP contribution in [-0.4, -0.2) is 47.2 Å². The summed E-state index contributed by atoms with van der Waals surface area (Å²) in [7, 11) is 1.55. The van der Waals surface area contributed by atoms with Gasteiger partial charge in [-0.1, -0.05) is 12.1 Å². The van der Waals surface area contributed by atoms with E-state index in [0.29, 0.717) is 41.7 Å². The first-order valence-corrected chi connectivity index (χ1v) is 12.0. The molecule has 10 heteroatoms. The smallest absolute Gasteiger partial charge is 0.220 e. The maximum absolute atomic E-state index is 14.4. The molecule has 2 aromatic heterocycles. The Labute approximate surface area is 208 Å². The van der Waals surface area contributed by atoms with E-state index < -0.39 is 0 Å². The molecule has 2 aliphatic heterocycles. The van der Waals surface area contributed by atoms with Gasteiger partial charge in [0.05, 0.1) is 41.9 Å². The molecule has 5 rings (SSSR count). The molecule has 0 spiro atoms. The van der Waals surface area contributed by atoms with Crippen LogP contribution in [0.25, 0.3) is 11.3 Å². The van der Waals surface area contributed by atoms with Crippen molar-refractivity contribution in [2.45, 2.75) is 44.8 Å². The number of nitrogens with two attached hydrogens (primary N) is 1. The van der Waals surface area contributed by atoms with Gasteiger partial charge in [0.15, 0.2) is 5.84 Å². The van der Waals surface area contributed by atoms with Gasteiger partial charge in [-0.2, -0.15) is 0 Å². The number of methoxy groups -OCH3 is 1. The number of hydrogen-bond acceptors (Lipinski definition) is 9. The Kier molecular flexibility index (Phi) is 7.06. The van der Waals surface area contributed by atoms with Gasteiger partial charge in [-0.15, -0.1) is 0 Å². The molecule has 36 heavy (non-hydrogen) atoms. The lowest BCUT2D eigenvalue weighted by Gasteiger charge is -2.27. The molecule has 1 saturated heterocycles. The summed E-state index contributed by atoms with van der Waals surface area (Å²) in [6, 6.07) is 9.62. The van der Waals surface area contributed by atoms with Gasteiger partial charge in [0, 0.05) is 24.7 Å². The third kappa shape index (κ3) is 5.14. The zero-order valence-corrected chi connectivity index (χ0v) is 20.3. The highest BCUT2D eigenvalue weighted by Crippen LogP contribution is 2.36. The molecule has 2 aliphatic rings. The molecule has 0 saturated carbocycles. The minimum absolute atomic E-state index is 0.0392. The molecule has 3 N–H and O–H groups in total. The van der Waals surface area contributed by atoms with Crippen LogP contribution in [0.1, 0.15) is 47.8 Å². The molecule has 0 aliphatic carbocycles. The number of halogens is 1. The number of nitrogen functional groups attached to an aromatic ring is 1. The number of nitrogens with zero attached hydrogens (tertiary/aromatic N) is 4. The van der Waals surface area contributed by atoms with Crippen molar-refractivity contribution in [2.24, 2.45) is 4.99 Å². The minimum Gasteiger partial charge on any atom is -0.481 e. The summed E-state index contributed by atoms with van der Waals surface area (Å²) in [5.74, 6) is 0.771. The first kappa shape index (κ1) is 24.1. The van der Waals surface area contributed by atoms with Gasteiger partial charge in [0.2, 0.25) is 11.8 Å². The van der Waals surface area contributed by atoms with Gasteiger partial charge in [0.1, 0.15) is 12.4 Å². The highest BCUT2D eigenvalue weighted by Gasteiger charge is 2.29. The maximum atomic E-state index is 14.4. The van der Waals surface area contributed by atoms with E-state index in [9.17, 15) is 4.39 Å². The summed E-state index contributed by atoms with van der Waals surface area (Å²) in [4.78, 5) is 24.1. The van der Waals surface area contributed by atoms with Crippen LogP contribution in [0.2, 0.25) is 0 Å². The van der Waals surface area contributed by atoms with Crippen LogP contribution in [0.15, 0.2) is 41.4 Å². The Balaban J connectivity index is 1.50. The number of hydrogen-bond donors (Lipinski definition) is 2. The van der Waals surface area contributed by atoms with Gasteiger partial charge in [-0.3, -0.25) is 9.83 Å². The molecule has 0 radical (unpaired) electrons. The summed E-state index contributed by atoms with van der Waals surface area (Å²) < 4.78 is 25.4. The molecule has 4 heterocycles. The van der Waals surface area contributed by atoms with Gasteiger partial charge in [-0.05, 0) is 49.9 Å². The van der Waals surface area contributed by atoms with Crippen molar-refractivity contribution >= 4 is 11.8 Å². The second-order valence-electron chi connectivity index (χ2n) is 8.88. The van der Waals surface area contributed by atoms with E-state index in [-0.39, 0.29) is 23.9 Å². The summed E-state index contributed by atoms with van der Waals surface area (Å²) in [6.45, 7) is 3.00. The lowest BCUT2D eigenvalue weighted by atomic mass is 9.91. The number of ether oxygens (including phenoxy) is 2. The van der Waals surface area contributed by atoms with Crippen molar-refractivity contribution in [3.8, 4) is 17.1 Å². The molecular formula is C26H29FN6O3. The topological polar surface area (TPSA) is 117 Å². The maximum Gasteiger partial charge on any atom is 0.220 e. The Morgan fingerprint density at radius 1 is 1.17 bits per heavy atom. The summed E-state index contributed by atoms with van der Waals surface area (Å²) in [5, 5.41) is 0. The zero-order chi connectivity index (χ0) is 25.1. The Morgan fingerprint density at radius 3 is 2.86 bits per heavy atom. The van der Waals surface area contributed by atoms with E-state index in [4.69, 9.17) is 25.0 Å². The number of aryl methyl sites for hydroxylation is 1. The number of anilines is 1. The van der Waals surface area contributed by atoms with Gasteiger partial charge in [-0.25, -0.2) is 24.8 Å². The van der Waals surface area contributed by atoms with Gasteiger partial charge >= 0.3 is 0 Å². The average Bonchev–Trinajstić information content (AvgIpc) is 2.88. The number of pyridine rings is 1. The Bertz CT molecular complexity index is 1280. The normalized spacial score (nSPS) is 19.4. The van der Waals surface area contributed by atoms with Crippen molar-refractivity contribution in [1.82, 2.24) is 20.4 Å². The van der Waals surface area contributed by atoms with Crippen LogP contribution in [0, 0.1) is 12.7 Å². The number of hydroxylamine groups is 1. The molecule has 0 amide bonds. The van der Waals surface area contributed by atoms with Gasteiger partial charge < -0.3 is 15.2 Å². The van der Waals surface area contributed by atoms with E-state index >= 15 is 0 Å². The largest absolute Gasteiger partial charge is 0.481 e. The Morgan fingerprint density at radius 2 is 2.06 bits per heavy atom. The highest BCUT2D eigenvalue weighted by atomic mass is 19.1. The van der Waals surface area contributed by atoms with Crippen LogP contribution < -0.4 is 16.0 Å². The highest BCUT2D eigenvalue weighted by molar-refractivity contribution is 6.01. The fourth-order valence-electron chi connectivity index (χ4n) is 4.68. The minimum atomic E-state index is -0.383. The molecule has 188 valence electrons. The number of nitrogens with one attached hydrogen (secondary N) is 1. The molecule has 1 aromatic carbocycles. The molecule has 1 fully saturated rings. The van der Waals surface area contributed by atoms with E-state index in [0.717, 1.165) is 42.7 Å². The number of aromatic nitrogens is 3. The average molecular weight is 493 g/mol. The number of rotatable bonds is 6. The van der Waals surface area contributed by atoms with E-state index in [1.165, 1.54) is 12.1 Å². The fourth-order valence-corrected chi connectivity index (χ4v) is 4.68. The van der Waals surface area contributed by atoms with Crippen LogP contribution in [-0.2, 0) is 16.0 Å². The summed E-state index contributed by atoms with van der Waals surface area (Å²) >= 11 is 0. The zero-order valence-electron chi connectivity index (χ0n) is 20.3. The standard InChI is InChI=1S/C26H29FN6O3/c1-15-24-22(32-26(28)29-15)13-21(31-25(24)33-36-14-17-6-3-4-11-35-17)18-10-9-16(27)12-19(18)20-7-5-8-23(30-20)34-2/h5,7-10,12,17,21H,3-4,6,11,13-14H2,1-2H3,(H,31,33)(H2,28,29,32)/t17?,21-/m1/s1. The first-order chi connectivity index (χ1) is 17.5. The van der Waals surface area contributed by atoms with Crippen LogP contribution >= 0.6 is 0 Å². The first-order valence-electron chi connectivity index (χ1n) is 12.0. The van der Waals surface area contributed by atoms with Crippen LogP contribution in [0.5, 0.6) is 5.88 Å². The van der Waals surface area contributed by atoms with Crippen molar-refractivity contribution in [3.05, 3.63) is 64.7 Å². The predicted octanol–water partition coefficient (Wildman–Crippen LogP) is 3.71. The van der Waals surface area contributed by atoms with E-state index in [2.05, 4.69) is 20.4 Å². The third-order valence-corrected chi connectivity index (χ3v) is 6.39. The SMILES string of the molecule is COc1cccc(-c2cc(F)ccc2[C@H]2Cc3nc(N)nc(C)c3C(NOCC3CCCCO3)=N2)n1. The molecule has 2 atom stereocenters. The molecule has 3 aromatic rings. The van der Waals surface area contributed by atoms with Crippen molar-refractivity contribution in [2.75, 3.05) is 26.1 Å². The number of fused-ring (bicyclic) bond motifs is 1. The van der Waals surface area contributed by atoms with E-state index in [1.54, 1.807) is 19.2 Å². The third-order valence-electron chi connectivity index (χ3n) is 6.39. The summed E-state index contributed by atoms with van der Waals surface area (Å²) in [5.41, 5.74) is 13.2. The molecule has 1 unspecified atom stereocenters. The van der Waals surface area contributed by atoms with E-state index in [1.807, 2.05) is 19.1 Å². The molecule has 9 nitrogen and oxygen atoms in total. The number of aliphatic imine (C=N–C) groups is 1. The van der Waals surface area contributed by atoms with Crippen LogP contribution in [0.3, 0.4) is 0 Å². The van der Waals surface area contributed by atoms with Gasteiger partial charge in [0.25, 0.3) is 0 Å². The second-order valence-corrected chi connectivity index (χ2v) is 8.88. The monoisotopic (exact) mass is 492 g/mol.